The molecule has 0 unspecified atom stereocenters. The molecule has 0 bridgehead atoms. The average molecular weight is 440 g/mol. The summed E-state index contributed by atoms with van der Waals surface area (Å²) < 4.78 is 5.77. The number of rotatable bonds is 8. The molecule has 1 aromatic carbocycles. The minimum absolute atomic E-state index is 0.0900. The summed E-state index contributed by atoms with van der Waals surface area (Å²) in [4.78, 5) is 48.2. The van der Waals surface area contributed by atoms with Gasteiger partial charge in [-0.3, -0.25) is 29.5 Å². The van der Waals surface area contributed by atoms with Crippen LogP contribution in [0, 0.1) is 10.1 Å². The number of likely N-dealkylation sites (tertiary alicyclic amines) is 1. The lowest BCUT2D eigenvalue weighted by molar-refractivity contribution is -0.384. The van der Waals surface area contributed by atoms with Gasteiger partial charge in [0.2, 0.25) is 11.8 Å². The minimum Gasteiger partial charge on any atom is -0.473 e. The van der Waals surface area contributed by atoms with Crippen molar-refractivity contribution in [1.82, 2.24) is 19.8 Å². The second kappa shape index (κ2) is 9.69. The third-order valence-corrected chi connectivity index (χ3v) is 5.58. The van der Waals surface area contributed by atoms with Gasteiger partial charge in [-0.15, -0.1) is 0 Å². The first-order chi connectivity index (χ1) is 15.5. The van der Waals surface area contributed by atoms with E-state index in [0.717, 1.165) is 31.7 Å². The monoisotopic (exact) mass is 440 g/mol. The molecule has 3 heterocycles. The molecule has 2 aliphatic heterocycles. The van der Waals surface area contributed by atoms with Gasteiger partial charge in [0, 0.05) is 70.1 Å². The van der Waals surface area contributed by atoms with E-state index in [0.29, 0.717) is 18.2 Å². The number of ether oxygens (including phenoxy) is 1. The van der Waals surface area contributed by atoms with Crippen LogP contribution in [0.25, 0.3) is 0 Å². The zero-order valence-corrected chi connectivity index (χ0v) is 17.6. The van der Waals surface area contributed by atoms with Gasteiger partial charge in [0.1, 0.15) is 6.61 Å². The SMILES string of the molecule is O=C1CCC(=O)N1CCOc1nccnc1N1CCN(Cc2ccc([N+](=O)[O-])cc2)CC1. The zero-order valence-electron chi connectivity index (χ0n) is 17.6. The first-order valence-corrected chi connectivity index (χ1v) is 10.5. The summed E-state index contributed by atoms with van der Waals surface area (Å²) in [6.07, 6.45) is 3.69. The largest absolute Gasteiger partial charge is 0.473 e. The molecule has 2 saturated heterocycles. The van der Waals surface area contributed by atoms with Crippen LogP contribution in [-0.2, 0) is 16.1 Å². The molecule has 0 saturated carbocycles. The number of hydrogen-bond donors (Lipinski definition) is 0. The van der Waals surface area contributed by atoms with Crippen molar-refractivity contribution in [1.29, 1.82) is 0 Å². The molecule has 1 aromatic heterocycles. The van der Waals surface area contributed by atoms with E-state index in [9.17, 15) is 19.7 Å². The van der Waals surface area contributed by atoms with Crippen LogP contribution in [0.2, 0.25) is 0 Å². The predicted octanol–water partition coefficient (Wildman–Crippen LogP) is 1.23. The Morgan fingerprint density at radius 1 is 0.969 bits per heavy atom. The van der Waals surface area contributed by atoms with Crippen molar-refractivity contribution in [3.8, 4) is 5.88 Å². The van der Waals surface area contributed by atoms with Gasteiger partial charge < -0.3 is 9.64 Å². The minimum atomic E-state index is -0.399. The number of nitro groups is 1. The van der Waals surface area contributed by atoms with E-state index < -0.39 is 4.92 Å². The summed E-state index contributed by atoms with van der Waals surface area (Å²) in [5.74, 6) is 0.696. The van der Waals surface area contributed by atoms with Gasteiger partial charge in [0.25, 0.3) is 11.6 Å². The number of hydrogen-bond acceptors (Lipinski definition) is 9. The molecule has 0 atom stereocenters. The molecular formula is C21H24N6O5. The predicted molar refractivity (Wildman–Crippen MR) is 114 cm³/mol. The number of piperazine rings is 1. The van der Waals surface area contributed by atoms with Crippen LogP contribution in [0.15, 0.2) is 36.7 Å². The van der Waals surface area contributed by atoms with Crippen LogP contribution in [-0.4, -0.2) is 75.8 Å². The van der Waals surface area contributed by atoms with E-state index in [-0.39, 0.29) is 43.5 Å². The highest BCUT2D eigenvalue weighted by Crippen LogP contribution is 2.24. The van der Waals surface area contributed by atoms with E-state index in [2.05, 4.69) is 19.8 Å². The number of carbonyl (C=O) groups excluding carboxylic acids is 2. The third kappa shape index (κ3) is 4.99. The van der Waals surface area contributed by atoms with Crippen LogP contribution >= 0.6 is 0 Å². The number of amides is 2. The number of benzene rings is 1. The molecule has 2 aliphatic rings. The van der Waals surface area contributed by atoms with Crippen molar-refractivity contribution in [2.75, 3.05) is 44.2 Å². The fourth-order valence-corrected chi connectivity index (χ4v) is 3.84. The number of nitrogens with zero attached hydrogens (tertiary/aromatic N) is 6. The second-order valence-corrected chi connectivity index (χ2v) is 7.66. The van der Waals surface area contributed by atoms with Crippen LogP contribution in [0.1, 0.15) is 18.4 Å². The number of nitro benzene ring substituents is 1. The highest BCUT2D eigenvalue weighted by Gasteiger charge is 2.29. The van der Waals surface area contributed by atoms with E-state index in [1.165, 1.54) is 17.0 Å². The molecule has 168 valence electrons. The molecule has 4 rings (SSSR count). The van der Waals surface area contributed by atoms with Gasteiger partial charge >= 0.3 is 0 Å². The first-order valence-electron chi connectivity index (χ1n) is 10.5. The molecule has 11 nitrogen and oxygen atoms in total. The Labute approximate surface area is 184 Å². The van der Waals surface area contributed by atoms with Gasteiger partial charge in [-0.25, -0.2) is 9.97 Å². The van der Waals surface area contributed by atoms with Crippen molar-refractivity contribution in [3.05, 3.63) is 52.3 Å². The van der Waals surface area contributed by atoms with Gasteiger partial charge in [0.05, 0.1) is 11.5 Å². The van der Waals surface area contributed by atoms with E-state index >= 15 is 0 Å². The summed E-state index contributed by atoms with van der Waals surface area (Å²) >= 11 is 0. The van der Waals surface area contributed by atoms with Gasteiger partial charge in [-0.1, -0.05) is 12.1 Å². The van der Waals surface area contributed by atoms with Crippen molar-refractivity contribution in [2.45, 2.75) is 19.4 Å². The summed E-state index contributed by atoms with van der Waals surface area (Å²) in [6.45, 7) is 4.14. The normalized spacial score (nSPS) is 17.1. The highest BCUT2D eigenvalue weighted by atomic mass is 16.6. The number of aromatic nitrogens is 2. The Morgan fingerprint density at radius 3 is 2.28 bits per heavy atom. The lowest BCUT2D eigenvalue weighted by atomic mass is 10.2. The maximum Gasteiger partial charge on any atom is 0.269 e. The standard InChI is InChI=1S/C21H24N6O5/c28-18-5-6-19(29)26(18)13-14-32-21-20(22-7-8-23-21)25-11-9-24(10-12-25)15-16-1-3-17(4-2-16)27(30)31/h1-4,7-8H,5-6,9-15H2. The summed E-state index contributed by atoms with van der Waals surface area (Å²) in [6, 6.07) is 6.63. The molecule has 32 heavy (non-hydrogen) atoms. The Balaban J connectivity index is 1.30. The first kappa shape index (κ1) is 21.6. The van der Waals surface area contributed by atoms with Crippen LogP contribution in [0.5, 0.6) is 5.88 Å². The van der Waals surface area contributed by atoms with E-state index in [1.807, 2.05) is 0 Å². The maximum atomic E-state index is 11.7. The molecule has 2 aromatic rings. The lowest BCUT2D eigenvalue weighted by Crippen LogP contribution is -2.46. The maximum absolute atomic E-state index is 11.7. The summed E-state index contributed by atoms with van der Waals surface area (Å²) in [5.41, 5.74) is 1.12. The number of anilines is 1. The van der Waals surface area contributed by atoms with Crippen molar-refractivity contribution in [3.63, 3.8) is 0 Å². The molecule has 2 amide bonds. The van der Waals surface area contributed by atoms with E-state index in [1.54, 1.807) is 24.5 Å². The Bertz CT molecular complexity index is 974. The molecular weight excluding hydrogens is 416 g/mol. The van der Waals surface area contributed by atoms with Gasteiger partial charge in [-0.05, 0) is 5.56 Å². The summed E-state index contributed by atoms with van der Waals surface area (Å²) in [5, 5.41) is 10.8. The topological polar surface area (TPSA) is 122 Å². The number of non-ortho nitro benzene ring substituents is 1. The average Bonchev–Trinajstić information content (AvgIpc) is 3.12. The molecule has 0 radical (unpaired) electrons. The fourth-order valence-electron chi connectivity index (χ4n) is 3.84. The van der Waals surface area contributed by atoms with Crippen molar-refractivity contribution in [2.24, 2.45) is 0 Å². The molecule has 0 N–H and O–H groups in total. The Kier molecular flexibility index (Phi) is 6.55. The smallest absolute Gasteiger partial charge is 0.269 e. The molecule has 0 aliphatic carbocycles. The Morgan fingerprint density at radius 2 is 1.62 bits per heavy atom. The summed E-state index contributed by atoms with van der Waals surface area (Å²) in [7, 11) is 0. The third-order valence-electron chi connectivity index (χ3n) is 5.58. The Hall–Kier alpha value is -3.60. The zero-order chi connectivity index (χ0) is 22.5. The van der Waals surface area contributed by atoms with E-state index in [4.69, 9.17) is 4.74 Å². The number of carbonyl (C=O) groups is 2. The lowest BCUT2D eigenvalue weighted by Gasteiger charge is -2.35. The number of imide groups is 1. The highest BCUT2D eigenvalue weighted by molar-refractivity contribution is 6.01. The second-order valence-electron chi connectivity index (χ2n) is 7.66. The molecule has 0 spiro atoms. The van der Waals surface area contributed by atoms with Gasteiger partial charge in [0.15, 0.2) is 5.82 Å². The fraction of sp³-hybridized carbons (Fsp3) is 0.429. The van der Waals surface area contributed by atoms with Crippen LogP contribution < -0.4 is 9.64 Å². The van der Waals surface area contributed by atoms with Gasteiger partial charge in [-0.2, -0.15) is 0 Å². The van der Waals surface area contributed by atoms with Crippen LogP contribution in [0.4, 0.5) is 11.5 Å². The van der Waals surface area contributed by atoms with Crippen molar-refractivity contribution < 1.29 is 19.2 Å². The van der Waals surface area contributed by atoms with Crippen molar-refractivity contribution >= 4 is 23.3 Å². The van der Waals surface area contributed by atoms with Crippen LogP contribution in [0.3, 0.4) is 0 Å². The molecule has 2 fully saturated rings. The quantitative estimate of drug-likeness (QED) is 0.339. The molecule has 11 heteroatoms.